The molecule has 0 atom stereocenters. The summed E-state index contributed by atoms with van der Waals surface area (Å²) in [6.45, 7) is 1.43. The van der Waals surface area contributed by atoms with Gasteiger partial charge in [-0.15, -0.1) is 0 Å². The average Bonchev–Trinajstić information content (AvgIpc) is 2.30. The van der Waals surface area contributed by atoms with Crippen molar-refractivity contribution in [1.82, 2.24) is 0 Å². The Morgan fingerprint density at radius 3 is 2.88 bits per heavy atom. The number of methoxy groups -OCH3 is 1. The molecule has 2 N–H and O–H groups in total. The first-order chi connectivity index (χ1) is 8.15. The summed E-state index contributed by atoms with van der Waals surface area (Å²) in [4.78, 5) is 11.0. The van der Waals surface area contributed by atoms with Gasteiger partial charge in [0.15, 0.2) is 0 Å². The van der Waals surface area contributed by atoms with Crippen LogP contribution in [-0.2, 0) is 4.74 Å². The highest BCUT2D eigenvalue weighted by atomic mass is 35.5. The van der Waals surface area contributed by atoms with Crippen molar-refractivity contribution in [2.24, 2.45) is 0 Å². The lowest BCUT2D eigenvalue weighted by Crippen LogP contribution is -2.08. The Hall–Kier alpha value is -1.26. The van der Waals surface area contributed by atoms with Crippen LogP contribution in [0, 0.1) is 0 Å². The van der Waals surface area contributed by atoms with Crippen LogP contribution in [-0.4, -0.2) is 31.3 Å². The number of carboxylic acids is 1. The summed E-state index contributed by atoms with van der Waals surface area (Å²) >= 11 is 5.76. The number of halogens is 1. The SMILES string of the molecule is COCCCCNc1ccc(Cl)cc1C(=O)O. The van der Waals surface area contributed by atoms with E-state index in [9.17, 15) is 4.79 Å². The van der Waals surface area contributed by atoms with Gasteiger partial charge < -0.3 is 15.2 Å². The van der Waals surface area contributed by atoms with E-state index < -0.39 is 5.97 Å². The number of hydrogen-bond donors (Lipinski definition) is 2. The minimum absolute atomic E-state index is 0.198. The summed E-state index contributed by atoms with van der Waals surface area (Å²) in [5, 5.41) is 12.5. The number of carboxylic acid groups (broad SMARTS) is 1. The van der Waals surface area contributed by atoms with E-state index in [4.69, 9.17) is 21.4 Å². The molecule has 0 bridgehead atoms. The largest absolute Gasteiger partial charge is 0.478 e. The Labute approximate surface area is 106 Å². The third-order valence-electron chi connectivity index (χ3n) is 2.30. The van der Waals surface area contributed by atoms with Gasteiger partial charge in [0.1, 0.15) is 0 Å². The summed E-state index contributed by atoms with van der Waals surface area (Å²) < 4.78 is 4.93. The van der Waals surface area contributed by atoms with Crippen LogP contribution in [0.15, 0.2) is 18.2 Å². The predicted octanol–water partition coefficient (Wildman–Crippen LogP) is 2.88. The molecule has 5 heteroatoms. The summed E-state index contributed by atoms with van der Waals surface area (Å²) in [6, 6.07) is 4.80. The highest BCUT2D eigenvalue weighted by Gasteiger charge is 2.09. The van der Waals surface area contributed by atoms with Gasteiger partial charge in [-0.2, -0.15) is 0 Å². The molecule has 0 unspecified atom stereocenters. The standard InChI is InChI=1S/C12H16ClNO3/c1-17-7-3-2-6-14-11-5-4-9(13)8-10(11)12(15)16/h4-5,8,14H,2-3,6-7H2,1H3,(H,15,16). The molecule has 0 aliphatic rings. The molecule has 0 amide bonds. The van der Waals surface area contributed by atoms with Crippen molar-refractivity contribution in [3.05, 3.63) is 28.8 Å². The minimum atomic E-state index is -0.980. The summed E-state index contributed by atoms with van der Waals surface area (Å²) in [7, 11) is 1.66. The number of anilines is 1. The van der Waals surface area contributed by atoms with Crippen LogP contribution >= 0.6 is 11.6 Å². The fourth-order valence-electron chi connectivity index (χ4n) is 1.44. The van der Waals surface area contributed by atoms with E-state index in [1.165, 1.54) is 6.07 Å². The maximum atomic E-state index is 11.0. The third kappa shape index (κ3) is 4.63. The molecular formula is C12H16ClNO3. The van der Waals surface area contributed by atoms with E-state index in [0.717, 1.165) is 12.8 Å². The third-order valence-corrected chi connectivity index (χ3v) is 2.54. The highest BCUT2D eigenvalue weighted by molar-refractivity contribution is 6.31. The van der Waals surface area contributed by atoms with Crippen LogP contribution in [0.3, 0.4) is 0 Å². The van der Waals surface area contributed by atoms with Crippen molar-refractivity contribution in [1.29, 1.82) is 0 Å². The lowest BCUT2D eigenvalue weighted by atomic mass is 10.1. The Morgan fingerprint density at radius 1 is 1.47 bits per heavy atom. The van der Waals surface area contributed by atoms with Crippen LogP contribution in [0.2, 0.25) is 5.02 Å². The molecule has 17 heavy (non-hydrogen) atoms. The number of hydrogen-bond acceptors (Lipinski definition) is 3. The fourth-order valence-corrected chi connectivity index (χ4v) is 1.61. The summed E-state index contributed by atoms with van der Waals surface area (Å²) in [5.74, 6) is -0.980. The van der Waals surface area contributed by atoms with Gasteiger partial charge in [0, 0.05) is 31.0 Å². The van der Waals surface area contributed by atoms with E-state index in [1.54, 1.807) is 19.2 Å². The maximum absolute atomic E-state index is 11.0. The lowest BCUT2D eigenvalue weighted by Gasteiger charge is -2.09. The number of carbonyl (C=O) groups is 1. The van der Waals surface area contributed by atoms with Crippen molar-refractivity contribution in [3.8, 4) is 0 Å². The van der Waals surface area contributed by atoms with Gasteiger partial charge >= 0.3 is 5.97 Å². The molecule has 0 saturated heterocycles. The molecule has 0 radical (unpaired) electrons. The lowest BCUT2D eigenvalue weighted by molar-refractivity contribution is 0.0698. The predicted molar refractivity (Wildman–Crippen MR) is 68.0 cm³/mol. The molecule has 1 aromatic rings. The molecule has 0 spiro atoms. The van der Waals surface area contributed by atoms with Gasteiger partial charge in [-0.05, 0) is 31.0 Å². The number of unbranched alkanes of at least 4 members (excludes halogenated alkanes) is 1. The van der Waals surface area contributed by atoms with Crippen LogP contribution in [0.1, 0.15) is 23.2 Å². The Kier molecular flexibility index (Phi) is 5.80. The molecular weight excluding hydrogens is 242 g/mol. The first kappa shape index (κ1) is 13.8. The first-order valence-electron chi connectivity index (χ1n) is 5.41. The van der Waals surface area contributed by atoms with Crippen LogP contribution in [0.25, 0.3) is 0 Å². The maximum Gasteiger partial charge on any atom is 0.337 e. The Bertz CT molecular complexity index is 382. The summed E-state index contributed by atoms with van der Waals surface area (Å²) in [5.41, 5.74) is 0.795. The number of benzene rings is 1. The second kappa shape index (κ2) is 7.14. The van der Waals surface area contributed by atoms with Gasteiger partial charge in [0.25, 0.3) is 0 Å². The van der Waals surface area contributed by atoms with Crippen molar-refractivity contribution >= 4 is 23.3 Å². The van der Waals surface area contributed by atoms with Crippen LogP contribution in [0.4, 0.5) is 5.69 Å². The zero-order chi connectivity index (χ0) is 12.7. The molecule has 0 heterocycles. The first-order valence-corrected chi connectivity index (χ1v) is 5.78. The average molecular weight is 258 g/mol. The van der Waals surface area contributed by atoms with E-state index in [-0.39, 0.29) is 5.56 Å². The van der Waals surface area contributed by atoms with E-state index in [0.29, 0.717) is 23.9 Å². The number of nitrogens with one attached hydrogen (secondary N) is 1. The molecule has 0 aliphatic carbocycles. The van der Waals surface area contributed by atoms with Gasteiger partial charge in [0.2, 0.25) is 0 Å². The summed E-state index contributed by atoms with van der Waals surface area (Å²) in [6.07, 6.45) is 1.87. The van der Waals surface area contributed by atoms with Crippen molar-refractivity contribution in [2.45, 2.75) is 12.8 Å². The molecule has 4 nitrogen and oxygen atoms in total. The minimum Gasteiger partial charge on any atom is -0.478 e. The van der Waals surface area contributed by atoms with Crippen molar-refractivity contribution in [3.63, 3.8) is 0 Å². The van der Waals surface area contributed by atoms with Crippen molar-refractivity contribution in [2.75, 3.05) is 25.6 Å². The van der Waals surface area contributed by atoms with E-state index in [1.807, 2.05) is 0 Å². The second-order valence-electron chi connectivity index (χ2n) is 3.62. The van der Waals surface area contributed by atoms with Crippen LogP contribution in [0.5, 0.6) is 0 Å². The zero-order valence-corrected chi connectivity index (χ0v) is 10.5. The fraction of sp³-hybridized carbons (Fsp3) is 0.417. The smallest absolute Gasteiger partial charge is 0.337 e. The molecule has 0 fully saturated rings. The number of rotatable bonds is 7. The topological polar surface area (TPSA) is 58.6 Å². The van der Waals surface area contributed by atoms with E-state index >= 15 is 0 Å². The molecule has 0 saturated carbocycles. The molecule has 1 aromatic carbocycles. The van der Waals surface area contributed by atoms with E-state index in [2.05, 4.69) is 5.32 Å². The molecule has 0 aliphatic heterocycles. The van der Waals surface area contributed by atoms with Gasteiger partial charge in [-0.3, -0.25) is 0 Å². The zero-order valence-electron chi connectivity index (χ0n) is 9.70. The van der Waals surface area contributed by atoms with Crippen LogP contribution < -0.4 is 5.32 Å². The second-order valence-corrected chi connectivity index (χ2v) is 4.06. The normalized spacial score (nSPS) is 10.2. The molecule has 1 rings (SSSR count). The number of ether oxygens (including phenoxy) is 1. The van der Waals surface area contributed by atoms with Gasteiger partial charge in [-0.1, -0.05) is 11.6 Å². The Balaban J connectivity index is 2.55. The Morgan fingerprint density at radius 2 is 2.24 bits per heavy atom. The molecule has 0 aromatic heterocycles. The monoisotopic (exact) mass is 257 g/mol. The molecule has 94 valence electrons. The highest BCUT2D eigenvalue weighted by Crippen LogP contribution is 2.20. The number of aromatic carboxylic acids is 1. The quantitative estimate of drug-likeness (QED) is 0.738. The van der Waals surface area contributed by atoms with Gasteiger partial charge in [-0.25, -0.2) is 4.79 Å². The van der Waals surface area contributed by atoms with Crippen molar-refractivity contribution < 1.29 is 14.6 Å². The van der Waals surface area contributed by atoms with Gasteiger partial charge in [0.05, 0.1) is 5.56 Å².